The average Bonchev–Trinajstić information content (AvgIpc) is 3.33. The number of ether oxygens (including phenoxy) is 2. The van der Waals surface area contributed by atoms with E-state index in [1.54, 1.807) is 7.11 Å². The van der Waals surface area contributed by atoms with Gasteiger partial charge in [-0.3, -0.25) is 0 Å². The van der Waals surface area contributed by atoms with Crippen LogP contribution in [0.1, 0.15) is 26.2 Å². The Kier molecular flexibility index (Phi) is 6.28. The lowest BCUT2D eigenvalue weighted by Crippen LogP contribution is -2.42. The summed E-state index contributed by atoms with van der Waals surface area (Å²) in [6, 6.07) is 7.65. The van der Waals surface area contributed by atoms with Crippen molar-refractivity contribution in [2.24, 2.45) is 0 Å². The molecule has 0 bridgehead atoms. The molecule has 2 aromatic rings. The van der Waals surface area contributed by atoms with Crippen LogP contribution in [0, 0.1) is 0 Å². The third-order valence-electron chi connectivity index (χ3n) is 4.60. The Morgan fingerprint density at radius 1 is 1.30 bits per heavy atom. The summed E-state index contributed by atoms with van der Waals surface area (Å²) in [5, 5.41) is 3.94. The average molecular weight is 374 g/mol. The predicted molar refractivity (Wildman–Crippen MR) is 99.4 cm³/mol. The first-order chi connectivity index (χ1) is 13.1. The summed E-state index contributed by atoms with van der Waals surface area (Å²) in [6.45, 7) is 7.07. The van der Waals surface area contributed by atoms with E-state index >= 15 is 0 Å². The quantitative estimate of drug-likeness (QED) is 0.741. The van der Waals surface area contributed by atoms with Gasteiger partial charge in [-0.15, -0.1) is 0 Å². The van der Waals surface area contributed by atoms with Gasteiger partial charge in [0.2, 0.25) is 5.82 Å². The molecule has 0 radical (unpaired) electrons. The van der Waals surface area contributed by atoms with Crippen LogP contribution in [-0.4, -0.2) is 65.4 Å². The van der Waals surface area contributed by atoms with E-state index in [1.165, 1.54) is 0 Å². The fraction of sp³-hybridized carbons (Fsp3) is 0.526. The Morgan fingerprint density at radius 2 is 2.04 bits per heavy atom. The van der Waals surface area contributed by atoms with Crippen LogP contribution in [0.5, 0.6) is 5.75 Å². The van der Waals surface area contributed by atoms with Crippen molar-refractivity contribution in [2.45, 2.75) is 33.0 Å². The lowest BCUT2D eigenvalue weighted by atomic mass is 10.2. The second-order valence-corrected chi connectivity index (χ2v) is 6.40. The van der Waals surface area contributed by atoms with Gasteiger partial charge in [0.25, 0.3) is 5.89 Å². The molecule has 3 rings (SSSR count). The molecule has 0 saturated carbocycles. The standard InChI is InChI=1S/C19H26N4O4/c1-4-22(5-2)19(24)23-11-10-16(12-23)26-15-8-6-14(7-9-15)18-20-17(13-25-3)27-21-18/h6-9,16H,4-5,10-13H2,1-3H3. The maximum absolute atomic E-state index is 12.4. The Labute approximate surface area is 159 Å². The van der Waals surface area contributed by atoms with Gasteiger partial charge >= 0.3 is 6.03 Å². The molecule has 0 N–H and O–H groups in total. The molecular formula is C19H26N4O4. The van der Waals surface area contributed by atoms with E-state index in [0.29, 0.717) is 24.9 Å². The highest BCUT2D eigenvalue weighted by atomic mass is 16.5. The van der Waals surface area contributed by atoms with Gasteiger partial charge in [0.1, 0.15) is 18.5 Å². The summed E-state index contributed by atoms with van der Waals surface area (Å²) in [7, 11) is 1.58. The van der Waals surface area contributed by atoms with E-state index < -0.39 is 0 Å². The van der Waals surface area contributed by atoms with Crippen LogP contribution in [0.4, 0.5) is 4.79 Å². The second kappa shape index (κ2) is 8.85. The molecule has 1 aliphatic rings. The molecule has 1 aromatic carbocycles. The normalized spacial score (nSPS) is 16.6. The van der Waals surface area contributed by atoms with E-state index in [4.69, 9.17) is 14.0 Å². The number of hydrogen-bond donors (Lipinski definition) is 0. The van der Waals surface area contributed by atoms with Gasteiger partial charge in [-0.1, -0.05) is 5.16 Å². The molecular weight excluding hydrogens is 348 g/mol. The Balaban J connectivity index is 1.56. The molecule has 146 valence electrons. The monoisotopic (exact) mass is 374 g/mol. The molecule has 27 heavy (non-hydrogen) atoms. The Hall–Kier alpha value is -2.61. The Morgan fingerprint density at radius 3 is 2.70 bits per heavy atom. The zero-order valence-corrected chi connectivity index (χ0v) is 16.1. The number of likely N-dealkylation sites (tertiary alicyclic amines) is 1. The number of benzene rings is 1. The van der Waals surface area contributed by atoms with Crippen molar-refractivity contribution in [3.63, 3.8) is 0 Å². The van der Waals surface area contributed by atoms with E-state index in [0.717, 1.165) is 37.4 Å². The zero-order valence-electron chi connectivity index (χ0n) is 16.1. The van der Waals surface area contributed by atoms with Crippen LogP contribution in [0.3, 0.4) is 0 Å². The molecule has 2 amide bonds. The van der Waals surface area contributed by atoms with Gasteiger partial charge in [0.05, 0.1) is 6.54 Å². The smallest absolute Gasteiger partial charge is 0.320 e. The summed E-state index contributed by atoms with van der Waals surface area (Å²) in [4.78, 5) is 20.4. The lowest BCUT2D eigenvalue weighted by molar-refractivity contribution is 0.151. The summed E-state index contributed by atoms with van der Waals surface area (Å²) in [5.41, 5.74) is 0.846. The van der Waals surface area contributed by atoms with Crippen LogP contribution in [-0.2, 0) is 11.3 Å². The molecule has 8 nitrogen and oxygen atoms in total. The number of amides is 2. The van der Waals surface area contributed by atoms with Gasteiger partial charge < -0.3 is 23.8 Å². The lowest BCUT2D eigenvalue weighted by Gasteiger charge is -2.25. The molecule has 1 unspecified atom stereocenters. The van der Waals surface area contributed by atoms with Crippen molar-refractivity contribution in [2.75, 3.05) is 33.3 Å². The number of urea groups is 1. The zero-order chi connectivity index (χ0) is 19.2. The third-order valence-corrected chi connectivity index (χ3v) is 4.60. The minimum atomic E-state index is 0.00819. The minimum absolute atomic E-state index is 0.00819. The van der Waals surface area contributed by atoms with Gasteiger partial charge in [-0.05, 0) is 38.1 Å². The van der Waals surface area contributed by atoms with Crippen LogP contribution >= 0.6 is 0 Å². The summed E-state index contributed by atoms with van der Waals surface area (Å²) in [5.74, 6) is 1.73. The van der Waals surface area contributed by atoms with Crippen molar-refractivity contribution < 1.29 is 18.8 Å². The molecule has 0 aliphatic carbocycles. The van der Waals surface area contributed by atoms with E-state index in [1.807, 2.05) is 47.9 Å². The molecule has 1 atom stereocenters. The van der Waals surface area contributed by atoms with Crippen molar-refractivity contribution in [1.29, 1.82) is 0 Å². The topological polar surface area (TPSA) is 80.9 Å². The predicted octanol–water partition coefficient (Wildman–Crippen LogP) is 2.80. The van der Waals surface area contributed by atoms with Crippen LogP contribution in [0.2, 0.25) is 0 Å². The SMILES string of the molecule is CCN(CC)C(=O)N1CCC(Oc2ccc(-c3noc(COC)n3)cc2)C1. The fourth-order valence-electron chi connectivity index (χ4n) is 3.12. The largest absolute Gasteiger partial charge is 0.489 e. The summed E-state index contributed by atoms with van der Waals surface area (Å²) < 4.78 is 16.1. The van der Waals surface area contributed by atoms with Crippen molar-refractivity contribution in [3.05, 3.63) is 30.2 Å². The molecule has 1 fully saturated rings. The highest BCUT2D eigenvalue weighted by Gasteiger charge is 2.29. The van der Waals surface area contributed by atoms with Gasteiger partial charge in [0, 0.05) is 38.7 Å². The van der Waals surface area contributed by atoms with Crippen molar-refractivity contribution >= 4 is 6.03 Å². The van der Waals surface area contributed by atoms with Crippen molar-refractivity contribution in [3.8, 4) is 17.1 Å². The highest BCUT2D eigenvalue weighted by molar-refractivity contribution is 5.74. The van der Waals surface area contributed by atoms with E-state index in [2.05, 4.69) is 10.1 Å². The van der Waals surface area contributed by atoms with E-state index in [-0.39, 0.29) is 12.1 Å². The van der Waals surface area contributed by atoms with Crippen LogP contribution in [0.15, 0.2) is 28.8 Å². The minimum Gasteiger partial charge on any atom is -0.489 e. The first-order valence-electron chi connectivity index (χ1n) is 9.27. The molecule has 1 aliphatic heterocycles. The van der Waals surface area contributed by atoms with E-state index in [9.17, 15) is 4.79 Å². The molecule has 2 heterocycles. The summed E-state index contributed by atoms with van der Waals surface area (Å²) in [6.07, 6.45) is 0.842. The number of nitrogens with zero attached hydrogens (tertiary/aromatic N) is 4. The highest BCUT2D eigenvalue weighted by Crippen LogP contribution is 2.23. The molecule has 8 heteroatoms. The first kappa shape index (κ1) is 19.2. The third kappa shape index (κ3) is 4.57. The Bertz CT molecular complexity index is 742. The number of methoxy groups -OCH3 is 1. The number of hydrogen-bond acceptors (Lipinski definition) is 6. The van der Waals surface area contributed by atoms with Gasteiger partial charge in [-0.25, -0.2) is 4.79 Å². The fourth-order valence-corrected chi connectivity index (χ4v) is 3.12. The van der Waals surface area contributed by atoms with Crippen LogP contribution < -0.4 is 4.74 Å². The number of carbonyl (C=O) groups is 1. The first-order valence-corrected chi connectivity index (χ1v) is 9.27. The molecule has 1 aromatic heterocycles. The maximum Gasteiger partial charge on any atom is 0.320 e. The maximum atomic E-state index is 12.4. The van der Waals surface area contributed by atoms with Gasteiger partial charge in [0.15, 0.2) is 0 Å². The van der Waals surface area contributed by atoms with Crippen molar-refractivity contribution in [1.82, 2.24) is 19.9 Å². The molecule has 1 saturated heterocycles. The second-order valence-electron chi connectivity index (χ2n) is 6.40. The number of carbonyl (C=O) groups excluding carboxylic acids is 1. The van der Waals surface area contributed by atoms with Gasteiger partial charge in [-0.2, -0.15) is 4.98 Å². The summed E-state index contributed by atoms with van der Waals surface area (Å²) >= 11 is 0. The number of rotatable bonds is 7. The molecule has 0 spiro atoms. The van der Waals surface area contributed by atoms with Crippen LogP contribution in [0.25, 0.3) is 11.4 Å². The number of aromatic nitrogens is 2.